The van der Waals surface area contributed by atoms with Gasteiger partial charge in [-0.1, -0.05) is 69.6 Å². The highest BCUT2D eigenvalue weighted by Gasteiger charge is 2.60. The van der Waals surface area contributed by atoms with Crippen molar-refractivity contribution < 1.29 is 67.5 Å². The molecule has 6 heterocycles. The Morgan fingerprint density at radius 3 is 2.28 bits per heavy atom. The number of fused-ring (bicyclic) bond motifs is 2. The van der Waals surface area contributed by atoms with Gasteiger partial charge in [0.15, 0.2) is 18.4 Å². The van der Waals surface area contributed by atoms with E-state index >= 15 is 0 Å². The number of aliphatic hydroxyl groups excluding tert-OH is 2. The highest BCUT2D eigenvalue weighted by Crippen LogP contribution is 2.48. The van der Waals surface area contributed by atoms with Crippen LogP contribution in [-0.4, -0.2) is 139 Å². The topological polar surface area (TPSA) is 170 Å². The van der Waals surface area contributed by atoms with Gasteiger partial charge in [0.2, 0.25) is 0 Å². The molecule has 5 fully saturated rings. The average Bonchev–Trinajstić information content (AvgIpc) is 3.62. The third-order valence-electron chi connectivity index (χ3n) is 15.4. The third-order valence-corrected chi connectivity index (χ3v) is 15.4. The van der Waals surface area contributed by atoms with Crippen LogP contribution in [0.25, 0.3) is 0 Å². The van der Waals surface area contributed by atoms with Crippen LogP contribution in [0.2, 0.25) is 0 Å². The van der Waals surface area contributed by atoms with Gasteiger partial charge in [0.25, 0.3) is 0 Å². The van der Waals surface area contributed by atoms with Crippen LogP contribution in [-0.2, 0) is 52.2 Å². The largest absolute Gasteiger partial charge is 0.462 e. The Kier molecular flexibility index (Phi) is 15.1. The van der Waals surface area contributed by atoms with Crippen LogP contribution in [0.3, 0.4) is 0 Å². The van der Waals surface area contributed by atoms with Gasteiger partial charge in [-0.05, 0) is 75.7 Å². The predicted octanol–water partition coefficient (Wildman–Crippen LogP) is 5.91. The molecule has 0 aromatic carbocycles. The molecule has 358 valence electrons. The minimum atomic E-state index is -1.83. The molecule has 8 aliphatic rings. The number of esters is 1. The van der Waals surface area contributed by atoms with E-state index in [1.807, 2.05) is 25.2 Å². The SMILES string of the molecule is CO[C@H]1C[C@H](O[C@H]2[C@H](C)O[C@@H](O[C@@H]3C(C)=CC[C@@H]4C[C@@H](C[C@]5(C=C[C@H](C)[C@@H](C6CCCCC6)O5)O4)OC(=O)[C@@H]4C=C(C)[C@@H](O)[C@H]5OC/C(=C\C=C\[C@@H]3C)[C@]54O)C[C@@H]2OC)O[C@@H](C)[C@@H]1O. The summed E-state index contributed by atoms with van der Waals surface area (Å²) in [5.41, 5.74) is 0.166. The molecule has 0 aromatic heterocycles. The Morgan fingerprint density at radius 1 is 0.812 bits per heavy atom. The fraction of sp³-hybridized carbons (Fsp3) is 0.780. The van der Waals surface area contributed by atoms with Crippen molar-refractivity contribution in [2.24, 2.45) is 23.7 Å². The summed E-state index contributed by atoms with van der Waals surface area (Å²) in [6.07, 6.45) is 13.8. The zero-order valence-electron chi connectivity index (χ0n) is 39.0. The molecule has 2 bridgehead atoms. The van der Waals surface area contributed by atoms with Crippen molar-refractivity contribution in [3.63, 3.8) is 0 Å². The second-order valence-electron chi connectivity index (χ2n) is 20.0. The summed E-state index contributed by atoms with van der Waals surface area (Å²) in [4.78, 5) is 14.4. The van der Waals surface area contributed by atoms with Crippen LogP contribution < -0.4 is 0 Å². The molecule has 0 amide bonds. The summed E-state index contributed by atoms with van der Waals surface area (Å²) in [6.45, 7) is 11.9. The monoisotopic (exact) mass is 899 g/mol. The lowest BCUT2D eigenvalue weighted by molar-refractivity contribution is -0.318. The Labute approximate surface area is 379 Å². The predicted molar refractivity (Wildman–Crippen MR) is 234 cm³/mol. The standard InChI is InChI=1S/C50H74O14/c1-27-13-12-16-34-26-57-47-42(51)30(4)21-37(50(34,47)54)48(53)60-36-22-35(63-49(25-36)20-19-29(3)45(64-49)33-14-10-9-11-15-33)18-17-28(2)44(27)61-41-24-39(56-8)46(32(6)59-41)62-40-23-38(55-7)43(52)31(5)58-40/h12-13,16-17,19-21,27,29,31-33,35-47,51-52,54H,9-11,14-15,18,22-26H2,1-8H3/b13-12+,28-17?,34-16+/t27-,29-,31-,32-,35+,36-,37-,38-,39-,40-,41-,42+,43-,44-,45-,46-,47+,49+,50+/m0/s1. The van der Waals surface area contributed by atoms with Crippen LogP contribution in [0.1, 0.15) is 106 Å². The van der Waals surface area contributed by atoms with Gasteiger partial charge in [-0.25, -0.2) is 0 Å². The van der Waals surface area contributed by atoms with E-state index in [-0.39, 0.29) is 36.8 Å². The number of aliphatic hydroxyl groups is 3. The summed E-state index contributed by atoms with van der Waals surface area (Å²) in [6, 6.07) is 0. The van der Waals surface area contributed by atoms with Crippen molar-refractivity contribution in [1.29, 1.82) is 0 Å². The number of allylic oxidation sites excluding steroid dienone is 2. The van der Waals surface area contributed by atoms with Crippen molar-refractivity contribution in [3.05, 3.63) is 59.3 Å². The van der Waals surface area contributed by atoms with Crippen LogP contribution in [0.15, 0.2) is 59.3 Å². The summed E-state index contributed by atoms with van der Waals surface area (Å²) < 4.78 is 64.1. The van der Waals surface area contributed by atoms with Gasteiger partial charge in [0.05, 0.1) is 49.3 Å². The Hall–Kier alpha value is -2.31. The lowest BCUT2D eigenvalue weighted by Gasteiger charge is -2.49. The van der Waals surface area contributed by atoms with Gasteiger partial charge in [0, 0.05) is 51.7 Å². The van der Waals surface area contributed by atoms with E-state index in [1.54, 1.807) is 40.2 Å². The van der Waals surface area contributed by atoms with Crippen LogP contribution >= 0.6 is 0 Å². The maximum Gasteiger partial charge on any atom is 0.316 e. The van der Waals surface area contributed by atoms with E-state index in [0.717, 1.165) is 18.4 Å². The van der Waals surface area contributed by atoms with Crippen LogP contribution in [0.4, 0.5) is 0 Å². The first-order valence-electron chi connectivity index (χ1n) is 24.0. The first-order chi connectivity index (χ1) is 30.6. The lowest BCUT2D eigenvalue weighted by atomic mass is 9.71. The van der Waals surface area contributed by atoms with E-state index in [2.05, 4.69) is 32.9 Å². The molecule has 2 aliphatic carbocycles. The Bertz CT molecular complexity index is 1790. The minimum absolute atomic E-state index is 0.0242. The number of hydrogen-bond donors (Lipinski definition) is 3. The number of carbonyl (C=O) groups excluding carboxylic acids is 1. The number of methoxy groups -OCH3 is 2. The molecule has 64 heavy (non-hydrogen) atoms. The van der Waals surface area contributed by atoms with E-state index in [1.165, 1.54) is 19.3 Å². The van der Waals surface area contributed by atoms with Crippen molar-refractivity contribution in [2.45, 2.75) is 203 Å². The number of hydrogen-bond acceptors (Lipinski definition) is 14. The van der Waals surface area contributed by atoms with Crippen molar-refractivity contribution in [2.75, 3.05) is 20.8 Å². The highest BCUT2D eigenvalue weighted by molar-refractivity contribution is 5.78. The molecule has 0 unspecified atom stereocenters. The molecule has 14 nitrogen and oxygen atoms in total. The van der Waals surface area contributed by atoms with Crippen molar-refractivity contribution >= 4 is 5.97 Å². The number of rotatable bonds is 7. The maximum atomic E-state index is 14.4. The van der Waals surface area contributed by atoms with Crippen LogP contribution in [0.5, 0.6) is 0 Å². The van der Waals surface area contributed by atoms with Crippen molar-refractivity contribution in [1.82, 2.24) is 0 Å². The molecule has 8 rings (SSSR count). The first-order valence-corrected chi connectivity index (χ1v) is 24.0. The summed E-state index contributed by atoms with van der Waals surface area (Å²) in [5, 5.41) is 34.3. The molecule has 3 N–H and O–H groups in total. The van der Waals surface area contributed by atoms with Gasteiger partial charge >= 0.3 is 5.97 Å². The second kappa shape index (κ2) is 20.1. The first kappa shape index (κ1) is 48.2. The third kappa shape index (κ3) is 9.82. The van der Waals surface area contributed by atoms with E-state index in [0.29, 0.717) is 49.2 Å². The maximum absolute atomic E-state index is 14.4. The molecular weight excluding hydrogens is 825 g/mol. The summed E-state index contributed by atoms with van der Waals surface area (Å²) >= 11 is 0. The summed E-state index contributed by atoms with van der Waals surface area (Å²) in [7, 11) is 3.23. The molecule has 1 saturated carbocycles. The molecule has 0 radical (unpaired) electrons. The van der Waals surface area contributed by atoms with Gasteiger partial charge < -0.3 is 62.7 Å². The zero-order valence-corrected chi connectivity index (χ0v) is 39.0. The number of ether oxygens (including phenoxy) is 10. The van der Waals surface area contributed by atoms with E-state index in [9.17, 15) is 20.1 Å². The fourth-order valence-corrected chi connectivity index (χ4v) is 11.7. The zero-order chi connectivity index (χ0) is 45.5. The normalized spacial score (nSPS) is 48.4. The Balaban J connectivity index is 1.08. The molecular formula is C50H74O14. The van der Waals surface area contributed by atoms with Crippen LogP contribution in [0, 0.1) is 23.7 Å². The van der Waals surface area contributed by atoms with Gasteiger partial charge in [-0.2, -0.15) is 0 Å². The van der Waals surface area contributed by atoms with Crippen molar-refractivity contribution in [3.8, 4) is 0 Å². The van der Waals surface area contributed by atoms with Gasteiger partial charge in [0.1, 0.15) is 42.0 Å². The molecule has 6 aliphatic heterocycles. The highest BCUT2D eigenvalue weighted by atomic mass is 16.7. The molecule has 1 spiro atoms. The van der Waals surface area contributed by atoms with Gasteiger partial charge in [-0.15, -0.1) is 0 Å². The molecule has 4 saturated heterocycles. The van der Waals surface area contributed by atoms with E-state index in [4.69, 9.17) is 47.4 Å². The Morgan fingerprint density at radius 2 is 1.53 bits per heavy atom. The molecule has 14 heteroatoms. The lowest BCUT2D eigenvalue weighted by Crippen LogP contribution is -2.58. The van der Waals surface area contributed by atoms with Gasteiger partial charge in [-0.3, -0.25) is 4.79 Å². The molecule has 19 atom stereocenters. The smallest absolute Gasteiger partial charge is 0.316 e. The second-order valence-corrected chi connectivity index (χ2v) is 20.0. The number of carbonyl (C=O) groups is 1. The quantitative estimate of drug-likeness (QED) is 0.204. The summed E-state index contributed by atoms with van der Waals surface area (Å²) in [5.74, 6) is -2.32. The average molecular weight is 899 g/mol. The van der Waals surface area contributed by atoms with E-state index < -0.39 is 90.8 Å². The minimum Gasteiger partial charge on any atom is -0.462 e. The fourth-order valence-electron chi connectivity index (χ4n) is 11.7. The molecule has 0 aromatic rings.